The van der Waals surface area contributed by atoms with Gasteiger partial charge >= 0.3 is 13.7 Å². The van der Waals surface area contributed by atoms with E-state index in [0.717, 1.165) is 12.8 Å². The number of fused-ring (bicyclic) bond motifs is 1. The van der Waals surface area contributed by atoms with Crippen LogP contribution >= 0.6 is 7.75 Å². The van der Waals surface area contributed by atoms with E-state index in [2.05, 4.69) is 10.2 Å². The molecule has 14 heteroatoms. The molecule has 13 nitrogen and oxygen atoms in total. The zero-order valence-electron chi connectivity index (χ0n) is 24.3. The second-order valence-corrected chi connectivity index (χ2v) is 12.2. The molecule has 1 aliphatic rings. The molecule has 0 saturated carbocycles. The molecule has 232 valence electrons. The third-order valence-electron chi connectivity index (χ3n) is 7.57. The first-order valence-corrected chi connectivity index (χ1v) is 15.7. The number of carbonyl (C=O) groups excluding carboxylic acids is 1. The Kier molecular flexibility index (Phi) is 10.6. The van der Waals surface area contributed by atoms with Gasteiger partial charge in [-0.1, -0.05) is 57.0 Å². The molecule has 0 bridgehead atoms. The summed E-state index contributed by atoms with van der Waals surface area (Å²) in [4.78, 5) is 12.7. The first-order valence-electron chi connectivity index (χ1n) is 14.1. The topological polar surface area (TPSA) is 191 Å². The van der Waals surface area contributed by atoms with Crippen molar-refractivity contribution in [1.82, 2.24) is 14.7 Å². The maximum Gasteiger partial charge on any atom is 0.406 e. The number of nitrogens with one attached hydrogen (secondary N) is 1. The van der Waals surface area contributed by atoms with Crippen LogP contribution in [-0.2, 0) is 40.1 Å². The van der Waals surface area contributed by atoms with Crippen molar-refractivity contribution in [2.75, 3.05) is 18.9 Å². The Morgan fingerprint density at radius 2 is 1.93 bits per heavy atom. The number of aliphatic hydroxyl groups is 2. The number of nitrogens with two attached hydrogens (primary N) is 1. The molecular formula is C29H38N5O8P. The zero-order chi connectivity index (χ0) is 31.2. The summed E-state index contributed by atoms with van der Waals surface area (Å²) in [6.45, 7) is 5.02. The predicted octanol–water partition coefficient (Wildman–Crippen LogP) is 3.05. The number of rotatable bonds is 14. The largest absolute Gasteiger partial charge is 0.464 e. The highest BCUT2D eigenvalue weighted by Crippen LogP contribution is 2.47. The number of aliphatic hydroxyl groups excluding tert-OH is 2. The third-order valence-corrected chi connectivity index (χ3v) is 9.23. The van der Waals surface area contributed by atoms with Crippen LogP contribution in [0.2, 0.25) is 0 Å². The highest BCUT2D eigenvalue weighted by Gasteiger charge is 2.58. The average molecular weight is 616 g/mol. The first-order chi connectivity index (χ1) is 20.6. The van der Waals surface area contributed by atoms with Crippen LogP contribution in [0.5, 0.6) is 0 Å². The van der Waals surface area contributed by atoms with Gasteiger partial charge in [0.2, 0.25) is 5.60 Å². The van der Waals surface area contributed by atoms with Crippen molar-refractivity contribution in [2.45, 2.75) is 70.2 Å². The summed E-state index contributed by atoms with van der Waals surface area (Å²) in [7, 11) is -4.25. The molecule has 1 saturated heterocycles. The number of nitrogens with zero attached hydrogens (tertiary/aromatic N) is 3. The summed E-state index contributed by atoms with van der Waals surface area (Å²) >= 11 is 0. The molecule has 0 radical (unpaired) electrons. The quantitative estimate of drug-likeness (QED) is 0.153. The molecule has 1 aromatic carbocycles. The fraction of sp³-hybridized carbons (Fsp3) is 0.483. The molecule has 5 N–H and O–H groups in total. The number of carbonyl (C=O) groups is 1. The Balaban J connectivity index is 1.52. The van der Waals surface area contributed by atoms with Crippen LogP contribution in [0.3, 0.4) is 0 Å². The van der Waals surface area contributed by atoms with Gasteiger partial charge in [-0.3, -0.25) is 13.8 Å². The lowest BCUT2D eigenvalue weighted by Crippen LogP contribution is -2.41. The molecule has 2 aromatic heterocycles. The molecule has 6 atom stereocenters. The fourth-order valence-electron chi connectivity index (χ4n) is 4.79. The summed E-state index contributed by atoms with van der Waals surface area (Å²) in [6.07, 6.45) is -1.53. The van der Waals surface area contributed by atoms with E-state index in [0.29, 0.717) is 16.8 Å². The standard InChI is InChI=1S/C29H38N5O8P/c1-4-20(5-2)15-39-28(37)19(3)33-43(38,40-16-21-9-7-6-8-10-21)41-17-24-26(35)27(36)29(18-30,42-24)25-12-11-23-22(31)13-14-32-34(23)25/h6-14,19-20,24,26-27,35-36H,4-5,15-17,31H2,1-3H3,(H,33,38)/t19-,24+,26+,27+,29-,43+/m0/s1. The highest BCUT2D eigenvalue weighted by atomic mass is 31.2. The number of benzene rings is 1. The Morgan fingerprint density at radius 3 is 2.60 bits per heavy atom. The van der Waals surface area contributed by atoms with Gasteiger partial charge in [-0.2, -0.15) is 10.4 Å². The van der Waals surface area contributed by atoms with Crippen LogP contribution in [0.25, 0.3) is 5.52 Å². The van der Waals surface area contributed by atoms with Gasteiger partial charge in [0.1, 0.15) is 30.4 Å². The normalized spacial score (nSPS) is 24.1. The number of anilines is 1. The van der Waals surface area contributed by atoms with Crippen LogP contribution < -0.4 is 10.8 Å². The Bertz CT molecular complexity index is 1480. The van der Waals surface area contributed by atoms with Gasteiger partial charge in [0, 0.05) is 6.20 Å². The van der Waals surface area contributed by atoms with Crippen molar-refractivity contribution in [1.29, 1.82) is 5.26 Å². The van der Waals surface area contributed by atoms with Gasteiger partial charge in [-0.05, 0) is 36.6 Å². The minimum Gasteiger partial charge on any atom is -0.464 e. The van der Waals surface area contributed by atoms with Crippen LogP contribution in [-0.4, -0.2) is 63.4 Å². The maximum atomic E-state index is 13.9. The van der Waals surface area contributed by atoms with E-state index in [-0.39, 0.29) is 24.8 Å². The minimum absolute atomic E-state index is 0.122. The van der Waals surface area contributed by atoms with E-state index in [1.54, 1.807) is 36.4 Å². The number of aromatic nitrogens is 2. The van der Waals surface area contributed by atoms with Crippen molar-refractivity contribution >= 4 is 24.9 Å². The molecule has 0 unspecified atom stereocenters. The highest BCUT2D eigenvalue weighted by molar-refractivity contribution is 7.51. The number of nitrogen functional groups attached to an aromatic ring is 1. The third kappa shape index (κ3) is 7.08. The van der Waals surface area contributed by atoms with E-state index < -0.39 is 50.3 Å². The van der Waals surface area contributed by atoms with Gasteiger partial charge in [0.25, 0.3) is 0 Å². The Labute approximate surface area is 250 Å². The summed E-state index contributed by atoms with van der Waals surface area (Å²) < 4.78 is 37.9. The van der Waals surface area contributed by atoms with Gasteiger partial charge in [-0.15, -0.1) is 0 Å². The number of hydrogen-bond donors (Lipinski definition) is 4. The lowest BCUT2D eigenvalue weighted by Gasteiger charge is -2.25. The minimum atomic E-state index is -4.25. The summed E-state index contributed by atoms with van der Waals surface area (Å²) in [5, 5.41) is 38.9. The lowest BCUT2D eigenvalue weighted by atomic mass is 9.92. The molecule has 0 amide bonds. The van der Waals surface area contributed by atoms with Gasteiger partial charge in [-0.25, -0.2) is 14.2 Å². The van der Waals surface area contributed by atoms with Crippen LogP contribution in [0.1, 0.15) is 44.9 Å². The van der Waals surface area contributed by atoms with Crippen LogP contribution in [0.4, 0.5) is 5.69 Å². The van der Waals surface area contributed by atoms with E-state index in [1.807, 2.05) is 26.0 Å². The molecule has 43 heavy (non-hydrogen) atoms. The van der Waals surface area contributed by atoms with E-state index >= 15 is 0 Å². The Morgan fingerprint density at radius 1 is 1.21 bits per heavy atom. The summed E-state index contributed by atoms with van der Waals surface area (Å²) in [5.74, 6) is -0.437. The predicted molar refractivity (Wildman–Crippen MR) is 156 cm³/mol. The number of ether oxygens (including phenoxy) is 2. The van der Waals surface area contributed by atoms with E-state index in [1.165, 1.54) is 23.7 Å². The van der Waals surface area contributed by atoms with Crippen molar-refractivity contribution in [3.8, 4) is 6.07 Å². The first kappa shape index (κ1) is 32.6. The second kappa shape index (κ2) is 14.0. The van der Waals surface area contributed by atoms with E-state index in [4.69, 9.17) is 24.3 Å². The van der Waals surface area contributed by atoms with E-state index in [9.17, 15) is 24.8 Å². The van der Waals surface area contributed by atoms with Crippen molar-refractivity contribution in [3.63, 3.8) is 0 Å². The van der Waals surface area contributed by atoms with Crippen molar-refractivity contribution in [3.05, 3.63) is 66.0 Å². The Hall–Kier alpha value is -3.34. The molecular weight excluding hydrogens is 577 g/mol. The number of hydrogen-bond acceptors (Lipinski definition) is 11. The van der Waals surface area contributed by atoms with Crippen molar-refractivity contribution in [2.24, 2.45) is 5.92 Å². The second-order valence-electron chi connectivity index (χ2n) is 10.5. The monoisotopic (exact) mass is 615 g/mol. The van der Waals surface area contributed by atoms with Gasteiger partial charge in [0.15, 0.2) is 0 Å². The SMILES string of the molecule is CCC(CC)COC(=O)[C@H](C)N[P@@](=O)(OCc1ccccc1)OC[C@H]1O[C@@](C#N)(c2ccc3c(N)ccnn23)[C@H](O)[C@@H]1O. The van der Waals surface area contributed by atoms with Crippen LogP contribution in [0, 0.1) is 17.2 Å². The molecule has 3 heterocycles. The van der Waals surface area contributed by atoms with Crippen molar-refractivity contribution < 1.29 is 38.1 Å². The number of esters is 1. The molecule has 1 fully saturated rings. The smallest absolute Gasteiger partial charge is 0.406 e. The lowest BCUT2D eigenvalue weighted by molar-refractivity contribution is -0.146. The zero-order valence-corrected chi connectivity index (χ0v) is 25.2. The molecule has 0 aliphatic carbocycles. The summed E-state index contributed by atoms with van der Waals surface area (Å²) in [5.41, 5.74) is 5.67. The average Bonchev–Trinajstić information content (AvgIpc) is 3.56. The van der Waals surface area contributed by atoms with Gasteiger partial charge < -0.3 is 25.4 Å². The molecule has 3 aromatic rings. The van der Waals surface area contributed by atoms with Gasteiger partial charge in [0.05, 0.1) is 36.7 Å². The maximum absolute atomic E-state index is 13.9. The summed E-state index contributed by atoms with van der Waals surface area (Å²) in [6, 6.07) is 14.5. The molecule has 1 aliphatic heterocycles. The fourth-order valence-corrected chi connectivity index (χ4v) is 6.26. The molecule has 4 rings (SSSR count). The number of nitriles is 1. The molecule has 0 spiro atoms. The van der Waals surface area contributed by atoms with Crippen LogP contribution in [0.15, 0.2) is 54.7 Å².